The monoisotopic (exact) mass is 145 g/mol. The van der Waals surface area contributed by atoms with Crippen molar-refractivity contribution in [2.24, 2.45) is 0 Å². The van der Waals surface area contributed by atoms with Crippen LogP contribution < -0.4 is 0 Å². The molecule has 0 spiro atoms. The first-order valence-corrected chi connectivity index (χ1v) is 5.24. The number of rotatable bonds is 1. The molecule has 0 aromatic carbocycles. The molecule has 45 valence electrons. The van der Waals surface area contributed by atoms with Crippen LogP contribution in [0, 0.1) is 6.26 Å². The van der Waals surface area contributed by atoms with Crippen molar-refractivity contribution in [2.75, 3.05) is 6.26 Å². The zero-order chi connectivity index (χ0) is 5.98. The van der Waals surface area contributed by atoms with Gasteiger partial charge >= 0.3 is 0 Å². The summed E-state index contributed by atoms with van der Waals surface area (Å²) in [5, 5.41) is 2.10. The highest BCUT2D eigenvalue weighted by molar-refractivity contribution is 8.18. The maximum Gasteiger partial charge on any atom is 0.0401 e. The van der Waals surface area contributed by atoms with Crippen LogP contribution in [-0.2, 0) is 0 Å². The van der Waals surface area contributed by atoms with E-state index in [0.29, 0.717) is 0 Å². The van der Waals surface area contributed by atoms with Crippen molar-refractivity contribution in [3.8, 4) is 0 Å². The molecule has 1 aromatic rings. The molecule has 0 aliphatic rings. The fourth-order valence-corrected chi connectivity index (χ4v) is 2.18. The van der Waals surface area contributed by atoms with Gasteiger partial charge in [0.25, 0.3) is 0 Å². The minimum atomic E-state index is -0.0900. The molecular formula is C6H9S2. The Morgan fingerprint density at radius 1 is 1.75 bits per heavy atom. The first-order chi connectivity index (χ1) is 3.80. The molecule has 2 heteroatoms. The first kappa shape index (κ1) is 6.17. The Bertz CT molecular complexity index is 142. The highest BCUT2D eigenvalue weighted by Crippen LogP contribution is 2.33. The molecular weight excluding hydrogens is 136 g/mol. The van der Waals surface area contributed by atoms with Crippen LogP contribution in [0.4, 0.5) is 0 Å². The number of hydrogen-bond acceptors (Lipinski definition) is 1. The highest BCUT2D eigenvalue weighted by Gasteiger charge is 1.91. The molecule has 0 fully saturated rings. The maximum atomic E-state index is 3.96. The largest absolute Gasteiger partial charge is 0.220 e. The van der Waals surface area contributed by atoms with Crippen molar-refractivity contribution in [3.63, 3.8) is 0 Å². The van der Waals surface area contributed by atoms with Crippen LogP contribution in [0.1, 0.15) is 0 Å². The standard InChI is InChI=1S/C6H9S2/c1-8(2)6-4-3-5-7-6/h3-5,8H,1H2,2H3. The Morgan fingerprint density at radius 3 is 2.75 bits per heavy atom. The van der Waals surface area contributed by atoms with Crippen LogP contribution in [0.3, 0.4) is 0 Å². The molecule has 1 aromatic heterocycles. The van der Waals surface area contributed by atoms with Gasteiger partial charge in [0.05, 0.1) is 0 Å². The molecule has 0 N–H and O–H groups in total. The Balaban J connectivity index is 2.77. The van der Waals surface area contributed by atoms with Crippen molar-refractivity contribution in [1.82, 2.24) is 0 Å². The van der Waals surface area contributed by atoms with Crippen LogP contribution in [0.25, 0.3) is 0 Å². The molecule has 1 heterocycles. The van der Waals surface area contributed by atoms with Crippen molar-refractivity contribution < 1.29 is 0 Å². The fraction of sp³-hybridized carbons (Fsp3) is 0.167. The number of hydrogen-bond donors (Lipinski definition) is 1. The molecule has 1 rings (SSSR count). The van der Waals surface area contributed by atoms with Gasteiger partial charge in [0.15, 0.2) is 0 Å². The summed E-state index contributed by atoms with van der Waals surface area (Å²) in [7, 11) is -0.0900. The summed E-state index contributed by atoms with van der Waals surface area (Å²) in [6.07, 6.45) is 6.12. The SMILES string of the molecule is [CH2][SH](C)c1cccs1. The van der Waals surface area contributed by atoms with Gasteiger partial charge in [-0.25, -0.2) is 10.9 Å². The van der Waals surface area contributed by atoms with Gasteiger partial charge in [-0.2, -0.15) is 0 Å². The molecule has 1 radical (unpaired) electrons. The minimum Gasteiger partial charge on any atom is -0.220 e. The molecule has 0 saturated carbocycles. The topological polar surface area (TPSA) is 0 Å². The molecule has 0 amide bonds. The number of thiol groups is 1. The molecule has 0 aliphatic carbocycles. The average Bonchev–Trinajstić information content (AvgIpc) is 2.12. The van der Waals surface area contributed by atoms with E-state index in [1.165, 1.54) is 4.21 Å². The third-order valence-corrected chi connectivity index (χ3v) is 3.71. The van der Waals surface area contributed by atoms with Crippen LogP contribution in [0.15, 0.2) is 21.7 Å². The smallest absolute Gasteiger partial charge is 0.0401 e. The Kier molecular flexibility index (Phi) is 1.97. The predicted octanol–water partition coefficient (Wildman–Crippen LogP) is 2.53. The Hall–Kier alpha value is 0.0500. The predicted molar refractivity (Wildman–Crippen MR) is 42.9 cm³/mol. The quantitative estimate of drug-likeness (QED) is 0.577. The van der Waals surface area contributed by atoms with E-state index in [0.717, 1.165) is 0 Å². The minimum absolute atomic E-state index is 0.0900. The van der Waals surface area contributed by atoms with Crippen LogP contribution in [0.2, 0.25) is 0 Å². The van der Waals surface area contributed by atoms with Gasteiger partial charge in [-0.1, -0.05) is 6.07 Å². The lowest BCUT2D eigenvalue weighted by Gasteiger charge is -2.01. The molecule has 1 unspecified atom stereocenters. The van der Waals surface area contributed by atoms with Crippen molar-refractivity contribution in [3.05, 3.63) is 23.8 Å². The van der Waals surface area contributed by atoms with E-state index in [2.05, 4.69) is 30.0 Å². The van der Waals surface area contributed by atoms with Gasteiger partial charge in [-0.15, -0.1) is 11.3 Å². The molecule has 8 heavy (non-hydrogen) atoms. The van der Waals surface area contributed by atoms with E-state index in [9.17, 15) is 0 Å². The summed E-state index contributed by atoms with van der Waals surface area (Å²) in [5.74, 6) is 0. The molecule has 0 saturated heterocycles. The van der Waals surface area contributed by atoms with Gasteiger partial charge in [0, 0.05) is 4.21 Å². The summed E-state index contributed by atoms with van der Waals surface area (Å²) < 4.78 is 1.43. The van der Waals surface area contributed by atoms with E-state index >= 15 is 0 Å². The maximum absolute atomic E-state index is 3.96. The van der Waals surface area contributed by atoms with Crippen LogP contribution in [0.5, 0.6) is 0 Å². The van der Waals surface area contributed by atoms with Gasteiger partial charge in [-0.3, -0.25) is 0 Å². The molecule has 0 aliphatic heterocycles. The summed E-state index contributed by atoms with van der Waals surface area (Å²) in [4.78, 5) is 0. The lowest BCUT2D eigenvalue weighted by Crippen LogP contribution is -1.62. The van der Waals surface area contributed by atoms with Crippen molar-refractivity contribution in [2.45, 2.75) is 4.21 Å². The molecule has 1 atom stereocenters. The van der Waals surface area contributed by atoms with Crippen molar-refractivity contribution in [1.29, 1.82) is 0 Å². The molecule has 0 nitrogen and oxygen atoms in total. The second-order valence-corrected chi connectivity index (χ2v) is 4.78. The van der Waals surface area contributed by atoms with E-state index in [4.69, 9.17) is 0 Å². The van der Waals surface area contributed by atoms with E-state index in [1.807, 2.05) is 0 Å². The lowest BCUT2D eigenvalue weighted by molar-refractivity contribution is 1.73. The number of thiophene rings is 1. The van der Waals surface area contributed by atoms with Crippen LogP contribution >= 0.6 is 22.2 Å². The Labute approximate surface area is 56.9 Å². The van der Waals surface area contributed by atoms with Gasteiger partial charge in [0.2, 0.25) is 0 Å². The lowest BCUT2D eigenvalue weighted by atomic mass is 10.7. The van der Waals surface area contributed by atoms with Gasteiger partial charge < -0.3 is 0 Å². The molecule has 0 bridgehead atoms. The van der Waals surface area contributed by atoms with E-state index in [-0.39, 0.29) is 10.9 Å². The summed E-state index contributed by atoms with van der Waals surface area (Å²) in [6, 6.07) is 4.22. The normalized spacial score (nSPS) is 11.5. The van der Waals surface area contributed by atoms with Crippen molar-refractivity contribution >= 4 is 22.2 Å². The zero-order valence-electron chi connectivity index (χ0n) is 4.79. The zero-order valence-corrected chi connectivity index (χ0v) is 6.51. The van der Waals surface area contributed by atoms with Gasteiger partial charge in [-0.05, 0) is 24.0 Å². The second kappa shape index (κ2) is 2.55. The summed E-state index contributed by atoms with van der Waals surface area (Å²) in [6.45, 7) is 0. The second-order valence-electron chi connectivity index (χ2n) is 1.65. The first-order valence-electron chi connectivity index (χ1n) is 2.38. The Morgan fingerprint density at radius 2 is 2.50 bits per heavy atom. The van der Waals surface area contributed by atoms with E-state index in [1.54, 1.807) is 11.3 Å². The highest BCUT2D eigenvalue weighted by atomic mass is 32.2. The summed E-state index contributed by atoms with van der Waals surface area (Å²) >= 11 is 1.80. The third kappa shape index (κ3) is 1.26. The fourth-order valence-electron chi connectivity index (χ4n) is 0.487. The summed E-state index contributed by atoms with van der Waals surface area (Å²) in [5.41, 5.74) is 0. The van der Waals surface area contributed by atoms with Gasteiger partial charge in [0.1, 0.15) is 0 Å². The van der Waals surface area contributed by atoms with E-state index < -0.39 is 0 Å². The third-order valence-electron chi connectivity index (χ3n) is 0.882. The van der Waals surface area contributed by atoms with Crippen LogP contribution in [-0.4, -0.2) is 6.26 Å². The average molecular weight is 145 g/mol.